The second-order valence-corrected chi connectivity index (χ2v) is 9.24. The maximum Gasteiger partial charge on any atom is 0.338 e. The normalized spacial score (nSPS) is 17.3. The molecule has 7 nitrogen and oxygen atoms in total. The van der Waals surface area contributed by atoms with Crippen molar-refractivity contribution in [2.24, 2.45) is 5.92 Å². The molecule has 0 bridgehead atoms. The van der Waals surface area contributed by atoms with Gasteiger partial charge < -0.3 is 10.1 Å². The quantitative estimate of drug-likeness (QED) is 0.711. The Morgan fingerprint density at radius 3 is 2.40 bits per heavy atom. The highest BCUT2D eigenvalue weighted by molar-refractivity contribution is 7.89. The molecule has 1 aliphatic heterocycles. The molecule has 1 amide bonds. The van der Waals surface area contributed by atoms with Gasteiger partial charge in [-0.25, -0.2) is 13.2 Å². The van der Waals surface area contributed by atoms with E-state index in [-0.39, 0.29) is 17.3 Å². The minimum Gasteiger partial charge on any atom is -0.462 e. The summed E-state index contributed by atoms with van der Waals surface area (Å²) in [5.41, 5.74) is 1.94. The standard InChI is InChI=1S/C22H26N2O5S/c1-3-29-22(26)17-8-10-19(11-9-17)23-21(25)18-5-4-14-24(15-18)30(27,28)20-12-6-16(2)7-13-20/h6-13,18H,3-5,14-15H2,1-2H3,(H,23,25)/t18-/m0/s1. The summed E-state index contributed by atoms with van der Waals surface area (Å²) >= 11 is 0. The Morgan fingerprint density at radius 1 is 1.10 bits per heavy atom. The Labute approximate surface area is 177 Å². The molecule has 0 aromatic heterocycles. The monoisotopic (exact) mass is 430 g/mol. The van der Waals surface area contributed by atoms with E-state index in [1.54, 1.807) is 55.5 Å². The van der Waals surface area contributed by atoms with Crippen molar-refractivity contribution in [2.45, 2.75) is 31.6 Å². The van der Waals surface area contributed by atoms with Crippen LogP contribution in [0.15, 0.2) is 53.4 Å². The van der Waals surface area contributed by atoms with Gasteiger partial charge in [-0.1, -0.05) is 17.7 Å². The fourth-order valence-electron chi connectivity index (χ4n) is 3.38. The van der Waals surface area contributed by atoms with Crippen LogP contribution in [-0.4, -0.2) is 44.3 Å². The van der Waals surface area contributed by atoms with Crippen LogP contribution < -0.4 is 5.32 Å². The lowest BCUT2D eigenvalue weighted by Crippen LogP contribution is -2.43. The zero-order valence-electron chi connectivity index (χ0n) is 17.1. The predicted molar refractivity (Wildman–Crippen MR) is 114 cm³/mol. The van der Waals surface area contributed by atoms with Crippen LogP contribution in [0.1, 0.15) is 35.7 Å². The van der Waals surface area contributed by atoms with E-state index in [0.717, 1.165) is 5.56 Å². The van der Waals surface area contributed by atoms with E-state index >= 15 is 0 Å². The molecule has 30 heavy (non-hydrogen) atoms. The van der Waals surface area contributed by atoms with Gasteiger partial charge >= 0.3 is 5.97 Å². The molecule has 0 saturated carbocycles. The topological polar surface area (TPSA) is 92.8 Å². The van der Waals surface area contributed by atoms with E-state index in [1.807, 2.05) is 6.92 Å². The van der Waals surface area contributed by atoms with Crippen molar-refractivity contribution in [2.75, 3.05) is 25.0 Å². The molecular formula is C22H26N2O5S. The maximum atomic E-state index is 12.9. The second-order valence-electron chi connectivity index (χ2n) is 7.30. The summed E-state index contributed by atoms with van der Waals surface area (Å²) in [6, 6.07) is 13.2. The van der Waals surface area contributed by atoms with Gasteiger partial charge in [-0.05, 0) is 63.1 Å². The van der Waals surface area contributed by atoms with Gasteiger partial charge in [0.15, 0.2) is 0 Å². The van der Waals surface area contributed by atoms with Gasteiger partial charge in [0.2, 0.25) is 15.9 Å². The number of carbonyl (C=O) groups is 2. The molecule has 1 fully saturated rings. The van der Waals surface area contributed by atoms with Crippen LogP contribution in [0.4, 0.5) is 5.69 Å². The first-order valence-corrected chi connectivity index (χ1v) is 11.4. The average Bonchev–Trinajstić information content (AvgIpc) is 2.75. The number of nitrogens with one attached hydrogen (secondary N) is 1. The Kier molecular flexibility index (Phi) is 6.89. The molecule has 160 valence electrons. The van der Waals surface area contributed by atoms with Gasteiger partial charge in [0, 0.05) is 18.8 Å². The highest BCUT2D eigenvalue weighted by atomic mass is 32.2. The van der Waals surface area contributed by atoms with Crippen molar-refractivity contribution in [1.29, 1.82) is 0 Å². The minimum atomic E-state index is -3.64. The molecule has 1 N–H and O–H groups in total. The molecule has 1 saturated heterocycles. The first-order valence-electron chi connectivity index (χ1n) is 9.96. The van der Waals surface area contributed by atoms with Crippen LogP contribution in [0.2, 0.25) is 0 Å². The summed E-state index contributed by atoms with van der Waals surface area (Å²) in [5, 5.41) is 2.82. The van der Waals surface area contributed by atoms with Crippen molar-refractivity contribution >= 4 is 27.6 Å². The number of rotatable bonds is 6. The molecule has 8 heteroatoms. The minimum absolute atomic E-state index is 0.142. The fraction of sp³-hybridized carbons (Fsp3) is 0.364. The van der Waals surface area contributed by atoms with Gasteiger partial charge in [0.25, 0.3) is 0 Å². The number of anilines is 1. The first-order chi connectivity index (χ1) is 14.3. The lowest BCUT2D eigenvalue weighted by molar-refractivity contribution is -0.120. The van der Waals surface area contributed by atoms with Gasteiger partial charge in [0.05, 0.1) is 23.0 Å². The van der Waals surface area contributed by atoms with E-state index in [0.29, 0.717) is 37.2 Å². The fourth-order valence-corrected chi connectivity index (χ4v) is 4.91. The Hall–Kier alpha value is -2.71. The number of esters is 1. The van der Waals surface area contributed by atoms with Crippen LogP contribution in [0.25, 0.3) is 0 Å². The number of benzene rings is 2. The highest BCUT2D eigenvalue weighted by Crippen LogP contribution is 2.25. The number of amides is 1. The van der Waals surface area contributed by atoms with Crippen molar-refractivity contribution in [3.63, 3.8) is 0 Å². The molecule has 2 aromatic rings. The predicted octanol–water partition coefficient (Wildman–Crippen LogP) is 3.21. The van der Waals surface area contributed by atoms with Crippen LogP contribution in [-0.2, 0) is 19.6 Å². The van der Waals surface area contributed by atoms with Gasteiger partial charge in [-0.15, -0.1) is 0 Å². The van der Waals surface area contributed by atoms with E-state index in [4.69, 9.17) is 4.74 Å². The number of hydrogen-bond donors (Lipinski definition) is 1. The summed E-state index contributed by atoms with van der Waals surface area (Å²) in [5.74, 6) is -1.09. The van der Waals surface area contributed by atoms with Crippen LogP contribution in [0.5, 0.6) is 0 Å². The van der Waals surface area contributed by atoms with E-state index in [1.165, 1.54) is 4.31 Å². The Balaban J connectivity index is 1.65. The summed E-state index contributed by atoms with van der Waals surface area (Å²) in [7, 11) is -3.64. The summed E-state index contributed by atoms with van der Waals surface area (Å²) in [6.07, 6.45) is 1.23. The van der Waals surface area contributed by atoms with E-state index in [9.17, 15) is 18.0 Å². The summed E-state index contributed by atoms with van der Waals surface area (Å²) in [6.45, 7) is 4.47. The number of carbonyl (C=O) groups excluding carboxylic acids is 2. The first kappa shape index (κ1) is 22.0. The number of piperidine rings is 1. The molecule has 1 atom stereocenters. The molecule has 1 aliphatic rings. The molecule has 3 rings (SSSR count). The zero-order valence-corrected chi connectivity index (χ0v) is 17.9. The molecule has 0 spiro atoms. The molecule has 2 aromatic carbocycles. The lowest BCUT2D eigenvalue weighted by atomic mass is 9.98. The molecule has 1 heterocycles. The highest BCUT2D eigenvalue weighted by Gasteiger charge is 2.33. The molecule has 0 unspecified atom stereocenters. The van der Waals surface area contributed by atoms with Crippen molar-refractivity contribution in [3.05, 3.63) is 59.7 Å². The Bertz CT molecular complexity index is 1000. The molecule has 0 radical (unpaired) electrons. The largest absolute Gasteiger partial charge is 0.462 e. The van der Waals surface area contributed by atoms with Crippen LogP contribution in [0, 0.1) is 12.8 Å². The smallest absolute Gasteiger partial charge is 0.338 e. The number of sulfonamides is 1. The van der Waals surface area contributed by atoms with E-state index < -0.39 is 21.9 Å². The summed E-state index contributed by atoms with van der Waals surface area (Å²) < 4.78 is 32.2. The van der Waals surface area contributed by atoms with Crippen LogP contribution in [0.3, 0.4) is 0 Å². The third kappa shape index (κ3) is 5.06. The molecular weight excluding hydrogens is 404 g/mol. The number of aryl methyl sites for hydroxylation is 1. The Morgan fingerprint density at radius 2 is 1.77 bits per heavy atom. The SMILES string of the molecule is CCOC(=O)c1ccc(NC(=O)[C@H]2CCCN(S(=O)(=O)c3ccc(C)cc3)C2)cc1. The lowest BCUT2D eigenvalue weighted by Gasteiger charge is -2.31. The third-order valence-electron chi connectivity index (χ3n) is 5.08. The maximum absolute atomic E-state index is 12.9. The van der Waals surface area contributed by atoms with Gasteiger partial charge in [0.1, 0.15) is 0 Å². The number of nitrogens with zero attached hydrogens (tertiary/aromatic N) is 1. The van der Waals surface area contributed by atoms with Crippen LogP contribution >= 0.6 is 0 Å². The number of hydrogen-bond acceptors (Lipinski definition) is 5. The summed E-state index contributed by atoms with van der Waals surface area (Å²) in [4.78, 5) is 24.7. The van der Waals surface area contributed by atoms with Crippen molar-refractivity contribution in [1.82, 2.24) is 4.31 Å². The second kappa shape index (κ2) is 9.40. The third-order valence-corrected chi connectivity index (χ3v) is 6.96. The van der Waals surface area contributed by atoms with Crippen molar-refractivity contribution in [3.8, 4) is 0 Å². The van der Waals surface area contributed by atoms with E-state index in [2.05, 4.69) is 5.32 Å². The van der Waals surface area contributed by atoms with Crippen molar-refractivity contribution < 1.29 is 22.7 Å². The van der Waals surface area contributed by atoms with Gasteiger partial charge in [-0.2, -0.15) is 4.31 Å². The molecule has 0 aliphatic carbocycles. The van der Waals surface area contributed by atoms with Gasteiger partial charge in [-0.3, -0.25) is 4.79 Å². The average molecular weight is 431 g/mol. The zero-order chi connectivity index (χ0) is 21.7. The number of ether oxygens (including phenoxy) is 1.